The quantitative estimate of drug-likeness (QED) is 0.684. The molecule has 0 bridgehead atoms. The van der Waals surface area contributed by atoms with E-state index in [9.17, 15) is 4.79 Å². The topological polar surface area (TPSA) is 71.8 Å². The smallest absolute Gasteiger partial charge is 0.252 e. The van der Waals surface area contributed by atoms with Gasteiger partial charge in [0.1, 0.15) is 0 Å². The normalized spacial score (nSPS) is 17.1. The number of hydrogen-bond acceptors (Lipinski definition) is 5. The Balaban J connectivity index is 1.64. The Labute approximate surface area is 163 Å². The number of aromatic nitrogens is 3. The number of nitrogens with zero attached hydrogens (tertiary/aromatic N) is 3. The molecule has 27 heavy (non-hydrogen) atoms. The molecule has 3 aromatic rings. The molecule has 0 aromatic carbocycles. The van der Waals surface area contributed by atoms with E-state index in [0.29, 0.717) is 18.0 Å². The summed E-state index contributed by atoms with van der Waals surface area (Å²) in [6.07, 6.45) is 3.96. The summed E-state index contributed by atoms with van der Waals surface area (Å²) in [7, 11) is 0. The van der Waals surface area contributed by atoms with Gasteiger partial charge in [-0.05, 0) is 63.2 Å². The van der Waals surface area contributed by atoms with Crippen LogP contribution in [0.3, 0.4) is 0 Å². The Morgan fingerprint density at radius 2 is 2.37 bits per heavy atom. The third kappa shape index (κ3) is 3.75. The fourth-order valence-electron chi connectivity index (χ4n) is 3.58. The zero-order valence-corrected chi connectivity index (χ0v) is 16.6. The highest BCUT2D eigenvalue weighted by molar-refractivity contribution is 7.13. The van der Waals surface area contributed by atoms with Gasteiger partial charge in [-0.25, -0.2) is 9.67 Å². The first-order valence-electron chi connectivity index (χ1n) is 9.54. The van der Waals surface area contributed by atoms with Gasteiger partial charge < -0.3 is 10.6 Å². The van der Waals surface area contributed by atoms with Crippen molar-refractivity contribution in [2.24, 2.45) is 5.92 Å². The van der Waals surface area contributed by atoms with E-state index in [1.54, 1.807) is 17.5 Å². The minimum absolute atomic E-state index is 0.0468. The van der Waals surface area contributed by atoms with E-state index in [1.165, 1.54) is 6.42 Å². The van der Waals surface area contributed by atoms with Crippen molar-refractivity contribution in [3.8, 4) is 10.6 Å². The highest BCUT2D eigenvalue weighted by atomic mass is 32.1. The lowest BCUT2D eigenvalue weighted by Gasteiger charge is -2.12. The minimum atomic E-state index is -0.0468. The van der Waals surface area contributed by atoms with Gasteiger partial charge in [0.05, 0.1) is 27.7 Å². The molecular formula is C20H25N5OS. The van der Waals surface area contributed by atoms with Crippen LogP contribution in [0.25, 0.3) is 21.6 Å². The van der Waals surface area contributed by atoms with Crippen LogP contribution in [0.4, 0.5) is 0 Å². The second kappa shape index (κ2) is 7.78. The Kier molecular flexibility index (Phi) is 5.22. The highest BCUT2D eigenvalue weighted by Gasteiger charge is 2.19. The van der Waals surface area contributed by atoms with Crippen LogP contribution in [-0.4, -0.2) is 40.3 Å². The molecule has 1 fully saturated rings. The highest BCUT2D eigenvalue weighted by Crippen LogP contribution is 2.28. The van der Waals surface area contributed by atoms with E-state index in [2.05, 4.69) is 29.6 Å². The van der Waals surface area contributed by atoms with Crippen molar-refractivity contribution in [2.75, 3.05) is 19.6 Å². The Morgan fingerprint density at radius 3 is 3.07 bits per heavy atom. The van der Waals surface area contributed by atoms with E-state index in [1.807, 2.05) is 28.3 Å². The molecule has 0 spiro atoms. The van der Waals surface area contributed by atoms with Crippen LogP contribution in [0.5, 0.6) is 0 Å². The molecule has 1 unspecified atom stereocenters. The number of hydrogen-bond donors (Lipinski definition) is 2. The Hall–Kier alpha value is -2.25. The fourth-order valence-corrected chi connectivity index (χ4v) is 4.27. The van der Waals surface area contributed by atoms with Crippen molar-refractivity contribution in [3.05, 3.63) is 35.3 Å². The van der Waals surface area contributed by atoms with Crippen molar-refractivity contribution in [1.82, 2.24) is 25.4 Å². The molecule has 0 radical (unpaired) electrons. The zero-order chi connectivity index (χ0) is 18.8. The molecule has 4 rings (SSSR count). The average Bonchev–Trinajstić information content (AvgIpc) is 3.40. The number of carbonyl (C=O) groups excluding carboxylic acids is 1. The van der Waals surface area contributed by atoms with Gasteiger partial charge in [-0.2, -0.15) is 5.10 Å². The molecule has 3 aromatic heterocycles. The van der Waals surface area contributed by atoms with Gasteiger partial charge in [0.2, 0.25) is 0 Å². The second-order valence-corrected chi connectivity index (χ2v) is 8.30. The van der Waals surface area contributed by atoms with Crippen molar-refractivity contribution >= 4 is 28.3 Å². The Morgan fingerprint density at radius 1 is 1.48 bits per heavy atom. The number of carbonyl (C=O) groups is 1. The van der Waals surface area contributed by atoms with E-state index in [-0.39, 0.29) is 11.9 Å². The van der Waals surface area contributed by atoms with Crippen LogP contribution in [0.1, 0.15) is 43.1 Å². The fraction of sp³-hybridized carbons (Fsp3) is 0.450. The SMILES string of the molecule is CC(C)n1ncc2c(C(=O)NCCC3CCNC3)cc(-c3cccs3)nc21. The summed E-state index contributed by atoms with van der Waals surface area (Å²) in [6, 6.07) is 6.11. The van der Waals surface area contributed by atoms with Gasteiger partial charge in [0.15, 0.2) is 5.65 Å². The molecule has 6 nitrogen and oxygen atoms in total. The zero-order valence-electron chi connectivity index (χ0n) is 15.7. The van der Waals surface area contributed by atoms with Gasteiger partial charge in [0.25, 0.3) is 5.91 Å². The van der Waals surface area contributed by atoms with Gasteiger partial charge in [-0.3, -0.25) is 4.79 Å². The summed E-state index contributed by atoms with van der Waals surface area (Å²) in [5.41, 5.74) is 2.24. The van der Waals surface area contributed by atoms with Gasteiger partial charge in [-0.15, -0.1) is 11.3 Å². The summed E-state index contributed by atoms with van der Waals surface area (Å²) in [5, 5.41) is 13.8. The third-order valence-corrected chi connectivity index (χ3v) is 5.97. The number of rotatable bonds is 6. The van der Waals surface area contributed by atoms with Crippen LogP contribution in [0.15, 0.2) is 29.8 Å². The molecule has 142 valence electrons. The van der Waals surface area contributed by atoms with E-state index >= 15 is 0 Å². The van der Waals surface area contributed by atoms with Crippen molar-refractivity contribution in [2.45, 2.75) is 32.7 Å². The predicted octanol–water partition coefficient (Wildman–Crippen LogP) is 3.47. The van der Waals surface area contributed by atoms with E-state index in [0.717, 1.165) is 41.1 Å². The van der Waals surface area contributed by atoms with Gasteiger partial charge >= 0.3 is 0 Å². The molecule has 1 aliphatic heterocycles. The van der Waals surface area contributed by atoms with Crippen LogP contribution < -0.4 is 10.6 Å². The number of nitrogens with one attached hydrogen (secondary N) is 2. The summed E-state index contributed by atoms with van der Waals surface area (Å²) < 4.78 is 1.88. The van der Waals surface area contributed by atoms with Crippen molar-refractivity contribution < 1.29 is 4.79 Å². The van der Waals surface area contributed by atoms with E-state index < -0.39 is 0 Å². The molecule has 1 saturated heterocycles. The van der Waals surface area contributed by atoms with Crippen LogP contribution in [-0.2, 0) is 0 Å². The first kappa shape index (κ1) is 18.1. The number of fused-ring (bicyclic) bond motifs is 1. The van der Waals surface area contributed by atoms with Crippen LogP contribution in [0.2, 0.25) is 0 Å². The van der Waals surface area contributed by atoms with Gasteiger partial charge in [0, 0.05) is 12.6 Å². The van der Waals surface area contributed by atoms with E-state index in [4.69, 9.17) is 4.98 Å². The summed E-state index contributed by atoms with van der Waals surface area (Å²) in [6.45, 7) is 6.98. The molecule has 0 aliphatic carbocycles. The molecule has 4 heterocycles. The first-order chi connectivity index (χ1) is 13.1. The maximum absolute atomic E-state index is 12.9. The molecule has 1 aliphatic rings. The lowest BCUT2D eigenvalue weighted by Crippen LogP contribution is -2.26. The third-order valence-electron chi connectivity index (χ3n) is 5.07. The average molecular weight is 384 g/mol. The monoisotopic (exact) mass is 383 g/mol. The summed E-state index contributed by atoms with van der Waals surface area (Å²) >= 11 is 1.63. The van der Waals surface area contributed by atoms with Gasteiger partial charge in [-0.1, -0.05) is 6.07 Å². The first-order valence-corrected chi connectivity index (χ1v) is 10.4. The molecule has 0 saturated carbocycles. The molecule has 2 N–H and O–H groups in total. The largest absolute Gasteiger partial charge is 0.352 e. The molecule has 1 atom stereocenters. The minimum Gasteiger partial charge on any atom is -0.352 e. The lowest BCUT2D eigenvalue weighted by molar-refractivity contribution is 0.0953. The Bertz CT molecular complexity index is 925. The van der Waals surface area contributed by atoms with Crippen LogP contribution >= 0.6 is 11.3 Å². The number of thiophene rings is 1. The molecular weight excluding hydrogens is 358 g/mol. The second-order valence-electron chi connectivity index (χ2n) is 7.36. The predicted molar refractivity (Wildman–Crippen MR) is 109 cm³/mol. The maximum atomic E-state index is 12.9. The maximum Gasteiger partial charge on any atom is 0.252 e. The lowest BCUT2D eigenvalue weighted by atomic mass is 10.0. The van der Waals surface area contributed by atoms with Crippen molar-refractivity contribution in [3.63, 3.8) is 0 Å². The van der Waals surface area contributed by atoms with Crippen molar-refractivity contribution in [1.29, 1.82) is 0 Å². The summed E-state index contributed by atoms with van der Waals surface area (Å²) in [5.74, 6) is 0.614. The summed E-state index contributed by atoms with van der Waals surface area (Å²) in [4.78, 5) is 18.8. The number of amides is 1. The number of pyridine rings is 1. The van der Waals surface area contributed by atoms with Crippen LogP contribution in [0, 0.1) is 5.92 Å². The molecule has 7 heteroatoms. The molecule has 1 amide bonds. The standard InChI is InChI=1S/C20H25N5OS/c1-13(2)25-19-16(12-23-25)15(10-17(24-19)18-4-3-9-27-18)20(26)22-8-6-14-5-7-21-11-14/h3-4,9-10,12-14,21H,5-8,11H2,1-2H3,(H,22,26).